The highest BCUT2D eigenvalue weighted by molar-refractivity contribution is 5.06. The number of rotatable bonds is 6. The SMILES string of the molecule is CCC(C)c1cnc(CCNC(C)C)[nH]1. The average Bonchev–Trinajstić information content (AvgIpc) is 2.65. The molecular weight excluding hydrogens is 186 g/mol. The lowest BCUT2D eigenvalue weighted by atomic mass is 10.1. The van der Waals surface area contributed by atoms with Crippen molar-refractivity contribution in [1.29, 1.82) is 0 Å². The Balaban J connectivity index is 2.39. The fraction of sp³-hybridized carbons (Fsp3) is 0.750. The van der Waals surface area contributed by atoms with Crippen LogP contribution in [0.25, 0.3) is 0 Å². The maximum Gasteiger partial charge on any atom is 0.107 e. The van der Waals surface area contributed by atoms with E-state index in [0.717, 1.165) is 25.2 Å². The molecule has 86 valence electrons. The first-order valence-corrected chi connectivity index (χ1v) is 5.90. The summed E-state index contributed by atoms with van der Waals surface area (Å²) in [5, 5.41) is 3.39. The minimum Gasteiger partial charge on any atom is -0.346 e. The third-order valence-corrected chi connectivity index (χ3v) is 2.71. The lowest BCUT2D eigenvalue weighted by Gasteiger charge is -2.06. The van der Waals surface area contributed by atoms with E-state index in [1.54, 1.807) is 0 Å². The normalized spacial score (nSPS) is 13.4. The van der Waals surface area contributed by atoms with Crippen LogP contribution in [0.5, 0.6) is 0 Å². The first-order chi connectivity index (χ1) is 7.13. The fourth-order valence-corrected chi connectivity index (χ4v) is 1.46. The van der Waals surface area contributed by atoms with E-state index in [2.05, 4.69) is 43.0 Å². The van der Waals surface area contributed by atoms with Crippen LogP contribution in [0, 0.1) is 0 Å². The minimum atomic E-state index is 0.550. The standard InChI is InChI=1S/C12H23N3/c1-5-10(4)11-8-14-12(15-11)6-7-13-9(2)3/h8-10,13H,5-7H2,1-4H3,(H,14,15). The first-order valence-electron chi connectivity index (χ1n) is 5.90. The monoisotopic (exact) mass is 209 g/mol. The summed E-state index contributed by atoms with van der Waals surface area (Å²) in [6.07, 6.45) is 4.11. The molecule has 1 atom stereocenters. The van der Waals surface area contributed by atoms with E-state index in [0.29, 0.717) is 12.0 Å². The molecule has 15 heavy (non-hydrogen) atoms. The van der Waals surface area contributed by atoms with Gasteiger partial charge in [-0.25, -0.2) is 4.98 Å². The first kappa shape index (κ1) is 12.2. The summed E-state index contributed by atoms with van der Waals surface area (Å²) in [4.78, 5) is 7.77. The van der Waals surface area contributed by atoms with Crippen LogP contribution < -0.4 is 5.32 Å². The number of H-pyrrole nitrogens is 1. The zero-order valence-electron chi connectivity index (χ0n) is 10.3. The van der Waals surface area contributed by atoms with E-state index in [1.807, 2.05) is 6.20 Å². The molecule has 0 radical (unpaired) electrons. The van der Waals surface area contributed by atoms with Gasteiger partial charge in [0, 0.05) is 30.9 Å². The molecule has 0 aliphatic rings. The van der Waals surface area contributed by atoms with E-state index in [-0.39, 0.29) is 0 Å². The van der Waals surface area contributed by atoms with Crippen molar-refractivity contribution in [2.45, 2.75) is 52.5 Å². The van der Waals surface area contributed by atoms with E-state index < -0.39 is 0 Å². The van der Waals surface area contributed by atoms with Gasteiger partial charge in [0.25, 0.3) is 0 Å². The van der Waals surface area contributed by atoms with Crippen LogP contribution in [0.2, 0.25) is 0 Å². The highest BCUT2D eigenvalue weighted by Crippen LogP contribution is 2.15. The zero-order valence-corrected chi connectivity index (χ0v) is 10.3. The Labute approximate surface area is 92.7 Å². The Morgan fingerprint density at radius 2 is 2.13 bits per heavy atom. The molecule has 0 aromatic carbocycles. The van der Waals surface area contributed by atoms with Gasteiger partial charge in [-0.3, -0.25) is 0 Å². The van der Waals surface area contributed by atoms with Crippen LogP contribution in [-0.2, 0) is 6.42 Å². The van der Waals surface area contributed by atoms with Crippen molar-refractivity contribution in [1.82, 2.24) is 15.3 Å². The van der Waals surface area contributed by atoms with Gasteiger partial charge in [0.2, 0.25) is 0 Å². The van der Waals surface area contributed by atoms with E-state index in [4.69, 9.17) is 0 Å². The van der Waals surface area contributed by atoms with Gasteiger partial charge in [0.1, 0.15) is 5.82 Å². The van der Waals surface area contributed by atoms with E-state index >= 15 is 0 Å². The van der Waals surface area contributed by atoms with Crippen molar-refractivity contribution < 1.29 is 0 Å². The Morgan fingerprint density at radius 3 is 2.73 bits per heavy atom. The van der Waals surface area contributed by atoms with Crippen molar-refractivity contribution in [3.63, 3.8) is 0 Å². The summed E-state index contributed by atoms with van der Waals surface area (Å²) in [7, 11) is 0. The van der Waals surface area contributed by atoms with Crippen LogP contribution in [-0.4, -0.2) is 22.6 Å². The fourth-order valence-electron chi connectivity index (χ4n) is 1.46. The van der Waals surface area contributed by atoms with Crippen molar-refractivity contribution in [3.8, 4) is 0 Å². The molecule has 0 aliphatic heterocycles. The highest BCUT2D eigenvalue weighted by Gasteiger charge is 2.06. The zero-order chi connectivity index (χ0) is 11.3. The Morgan fingerprint density at radius 1 is 1.40 bits per heavy atom. The highest BCUT2D eigenvalue weighted by atomic mass is 14.9. The molecule has 3 nitrogen and oxygen atoms in total. The minimum absolute atomic E-state index is 0.550. The maximum absolute atomic E-state index is 4.39. The summed E-state index contributed by atoms with van der Waals surface area (Å²) < 4.78 is 0. The van der Waals surface area contributed by atoms with Gasteiger partial charge in [0.05, 0.1) is 0 Å². The van der Waals surface area contributed by atoms with Gasteiger partial charge in [-0.1, -0.05) is 27.7 Å². The van der Waals surface area contributed by atoms with E-state index in [1.165, 1.54) is 5.69 Å². The van der Waals surface area contributed by atoms with Crippen molar-refractivity contribution in [3.05, 3.63) is 17.7 Å². The predicted molar refractivity (Wildman–Crippen MR) is 64.1 cm³/mol. The molecule has 1 unspecified atom stereocenters. The van der Waals surface area contributed by atoms with Crippen molar-refractivity contribution in [2.24, 2.45) is 0 Å². The van der Waals surface area contributed by atoms with Crippen molar-refractivity contribution in [2.75, 3.05) is 6.54 Å². The smallest absolute Gasteiger partial charge is 0.107 e. The molecule has 1 aromatic rings. The van der Waals surface area contributed by atoms with Crippen molar-refractivity contribution >= 4 is 0 Å². The Kier molecular flexibility index (Phi) is 4.82. The Hall–Kier alpha value is -0.830. The largest absolute Gasteiger partial charge is 0.346 e. The molecule has 1 rings (SSSR count). The van der Waals surface area contributed by atoms with Gasteiger partial charge in [0.15, 0.2) is 0 Å². The molecule has 3 heteroatoms. The molecule has 0 fully saturated rings. The number of nitrogens with zero attached hydrogens (tertiary/aromatic N) is 1. The molecule has 0 bridgehead atoms. The van der Waals surface area contributed by atoms with E-state index in [9.17, 15) is 0 Å². The summed E-state index contributed by atoms with van der Waals surface area (Å²) in [5.74, 6) is 1.68. The molecule has 2 N–H and O–H groups in total. The average molecular weight is 209 g/mol. The van der Waals surface area contributed by atoms with Gasteiger partial charge in [-0.2, -0.15) is 0 Å². The Bertz CT molecular complexity index is 278. The van der Waals surface area contributed by atoms with Crippen LogP contribution in [0.15, 0.2) is 6.20 Å². The lowest BCUT2D eigenvalue weighted by molar-refractivity contribution is 0.583. The van der Waals surface area contributed by atoms with Gasteiger partial charge < -0.3 is 10.3 Å². The molecule has 1 heterocycles. The predicted octanol–water partition coefficient (Wildman–Crippen LogP) is 2.46. The second-order valence-corrected chi connectivity index (χ2v) is 4.45. The number of aromatic nitrogens is 2. The number of imidazole rings is 1. The third-order valence-electron chi connectivity index (χ3n) is 2.71. The van der Waals surface area contributed by atoms with Gasteiger partial charge in [-0.05, 0) is 12.3 Å². The van der Waals surface area contributed by atoms with Crippen LogP contribution in [0.1, 0.15) is 51.6 Å². The molecule has 0 spiro atoms. The summed E-state index contributed by atoms with van der Waals surface area (Å²) >= 11 is 0. The summed E-state index contributed by atoms with van der Waals surface area (Å²) in [6, 6.07) is 0.550. The summed E-state index contributed by atoms with van der Waals surface area (Å²) in [6.45, 7) is 9.74. The van der Waals surface area contributed by atoms with Crippen LogP contribution >= 0.6 is 0 Å². The molecule has 0 aliphatic carbocycles. The molecule has 0 saturated carbocycles. The molecular formula is C12H23N3. The lowest BCUT2D eigenvalue weighted by Crippen LogP contribution is -2.25. The molecule has 0 saturated heterocycles. The third kappa shape index (κ3) is 4.04. The topological polar surface area (TPSA) is 40.7 Å². The summed E-state index contributed by atoms with van der Waals surface area (Å²) in [5.41, 5.74) is 1.26. The van der Waals surface area contributed by atoms with Gasteiger partial charge >= 0.3 is 0 Å². The maximum atomic E-state index is 4.39. The molecule has 1 aromatic heterocycles. The van der Waals surface area contributed by atoms with Gasteiger partial charge in [-0.15, -0.1) is 0 Å². The number of hydrogen-bond acceptors (Lipinski definition) is 2. The second kappa shape index (κ2) is 5.91. The molecule has 0 amide bonds. The second-order valence-electron chi connectivity index (χ2n) is 4.45. The quantitative estimate of drug-likeness (QED) is 0.755. The van der Waals surface area contributed by atoms with Crippen LogP contribution in [0.3, 0.4) is 0 Å². The number of aromatic amines is 1. The number of nitrogens with one attached hydrogen (secondary N) is 2. The number of hydrogen-bond donors (Lipinski definition) is 2. The van der Waals surface area contributed by atoms with Crippen LogP contribution in [0.4, 0.5) is 0 Å².